The number of nitrogen functional groups attached to an aromatic ring is 1. The van der Waals surface area contributed by atoms with E-state index in [2.05, 4.69) is 23.0 Å². The van der Waals surface area contributed by atoms with Crippen molar-refractivity contribution in [2.75, 3.05) is 32.5 Å². The predicted molar refractivity (Wildman–Crippen MR) is 69.1 cm³/mol. The summed E-state index contributed by atoms with van der Waals surface area (Å²) in [6.07, 6.45) is 3.83. The number of hydrogen-bond acceptors (Lipinski definition) is 5. The van der Waals surface area contributed by atoms with Crippen molar-refractivity contribution in [1.82, 2.24) is 9.88 Å². The van der Waals surface area contributed by atoms with Crippen LogP contribution in [0.3, 0.4) is 0 Å². The molecule has 0 radical (unpaired) electrons. The summed E-state index contributed by atoms with van der Waals surface area (Å²) in [5.41, 5.74) is 6.04. The molecular weight excluding hydrogens is 228 g/mol. The summed E-state index contributed by atoms with van der Waals surface area (Å²) in [6.45, 7) is 2.83. The number of pyridine rings is 1. The summed E-state index contributed by atoms with van der Waals surface area (Å²) in [6, 6.07) is 3.68. The van der Waals surface area contributed by atoms with Gasteiger partial charge in [0, 0.05) is 18.5 Å². The predicted octanol–water partition coefficient (Wildman–Crippen LogP) is 1.26. The molecule has 0 unspecified atom stereocenters. The molecular formula is C13H18N4O. The molecule has 2 rings (SSSR count). The van der Waals surface area contributed by atoms with E-state index in [4.69, 9.17) is 15.7 Å². The molecule has 1 aromatic rings. The van der Waals surface area contributed by atoms with Crippen molar-refractivity contribution in [3.8, 4) is 11.8 Å². The zero-order chi connectivity index (χ0) is 13.0. The number of hydrogen-bond donors (Lipinski definition) is 1. The van der Waals surface area contributed by atoms with E-state index in [1.54, 1.807) is 6.07 Å². The minimum Gasteiger partial charge on any atom is -0.492 e. The SMILES string of the molecule is CN1CCC[C@H](COc2cc(N)ncc2C#N)C1. The standard InChI is InChI=1S/C13H18N4O/c1-17-4-2-3-10(8-17)9-18-12-5-13(15)16-7-11(12)6-14/h5,7,10H,2-4,8-9H2,1H3,(H2,15,16)/t10-/m0/s1. The first kappa shape index (κ1) is 12.7. The number of rotatable bonds is 3. The highest BCUT2D eigenvalue weighted by atomic mass is 16.5. The third-order valence-corrected chi connectivity index (χ3v) is 3.20. The van der Waals surface area contributed by atoms with Crippen molar-refractivity contribution in [3.05, 3.63) is 17.8 Å². The van der Waals surface area contributed by atoms with Gasteiger partial charge in [0.05, 0.1) is 12.8 Å². The van der Waals surface area contributed by atoms with Crippen molar-refractivity contribution in [3.63, 3.8) is 0 Å². The maximum atomic E-state index is 8.97. The van der Waals surface area contributed by atoms with Crippen LogP contribution >= 0.6 is 0 Å². The normalized spacial score (nSPS) is 20.3. The van der Waals surface area contributed by atoms with Crippen LogP contribution in [0.15, 0.2) is 12.3 Å². The molecule has 2 N–H and O–H groups in total. The summed E-state index contributed by atoms with van der Waals surface area (Å²) >= 11 is 0. The first-order chi connectivity index (χ1) is 8.69. The number of ether oxygens (including phenoxy) is 1. The van der Waals surface area contributed by atoms with Crippen LogP contribution < -0.4 is 10.5 Å². The van der Waals surface area contributed by atoms with Gasteiger partial charge in [-0.15, -0.1) is 0 Å². The monoisotopic (exact) mass is 246 g/mol. The highest BCUT2D eigenvalue weighted by Crippen LogP contribution is 2.22. The Bertz CT molecular complexity index is 455. The zero-order valence-electron chi connectivity index (χ0n) is 10.6. The Morgan fingerprint density at radius 3 is 3.22 bits per heavy atom. The van der Waals surface area contributed by atoms with Gasteiger partial charge in [-0.25, -0.2) is 4.98 Å². The van der Waals surface area contributed by atoms with Gasteiger partial charge in [-0.3, -0.25) is 0 Å². The van der Waals surface area contributed by atoms with Crippen LogP contribution in [0.25, 0.3) is 0 Å². The van der Waals surface area contributed by atoms with E-state index in [1.807, 2.05) is 0 Å². The van der Waals surface area contributed by atoms with Crippen LogP contribution in [-0.4, -0.2) is 36.6 Å². The van der Waals surface area contributed by atoms with Crippen LogP contribution in [0, 0.1) is 17.2 Å². The quantitative estimate of drug-likeness (QED) is 0.868. The van der Waals surface area contributed by atoms with Gasteiger partial charge in [0.25, 0.3) is 0 Å². The minimum atomic E-state index is 0.379. The second-order valence-electron chi connectivity index (χ2n) is 4.80. The second kappa shape index (κ2) is 5.69. The van der Waals surface area contributed by atoms with Crippen LogP contribution in [0.1, 0.15) is 18.4 Å². The highest BCUT2D eigenvalue weighted by molar-refractivity contribution is 5.47. The number of piperidine rings is 1. The average Bonchev–Trinajstić information content (AvgIpc) is 2.37. The van der Waals surface area contributed by atoms with Crippen molar-refractivity contribution in [2.24, 2.45) is 5.92 Å². The summed E-state index contributed by atoms with van der Waals surface area (Å²) < 4.78 is 5.73. The van der Waals surface area contributed by atoms with Crippen molar-refractivity contribution >= 4 is 5.82 Å². The third-order valence-electron chi connectivity index (χ3n) is 3.20. The van der Waals surface area contributed by atoms with Gasteiger partial charge in [-0.1, -0.05) is 0 Å². The van der Waals surface area contributed by atoms with Crippen LogP contribution in [0.5, 0.6) is 5.75 Å². The number of nitrogens with zero attached hydrogens (tertiary/aromatic N) is 3. The lowest BCUT2D eigenvalue weighted by Crippen LogP contribution is -2.34. The molecule has 1 aliphatic heterocycles. The molecule has 0 aromatic carbocycles. The Labute approximate surface area is 107 Å². The maximum Gasteiger partial charge on any atom is 0.142 e. The Morgan fingerprint density at radius 2 is 2.50 bits per heavy atom. The highest BCUT2D eigenvalue weighted by Gasteiger charge is 2.18. The van der Waals surface area contributed by atoms with Crippen LogP contribution in [0.2, 0.25) is 0 Å². The zero-order valence-corrected chi connectivity index (χ0v) is 10.6. The number of nitrogens with two attached hydrogens (primary N) is 1. The van der Waals surface area contributed by atoms with E-state index >= 15 is 0 Å². The van der Waals surface area contributed by atoms with Gasteiger partial charge in [0.1, 0.15) is 23.2 Å². The molecule has 0 amide bonds. The molecule has 1 aromatic heterocycles. The largest absolute Gasteiger partial charge is 0.492 e. The number of anilines is 1. The molecule has 0 spiro atoms. The van der Waals surface area contributed by atoms with Crippen molar-refractivity contribution in [1.29, 1.82) is 5.26 Å². The maximum absolute atomic E-state index is 8.97. The van der Waals surface area contributed by atoms with Gasteiger partial charge in [-0.05, 0) is 26.4 Å². The first-order valence-corrected chi connectivity index (χ1v) is 6.16. The molecule has 2 heterocycles. The van der Waals surface area contributed by atoms with Gasteiger partial charge in [-0.2, -0.15) is 5.26 Å². The molecule has 1 saturated heterocycles. The summed E-state index contributed by atoms with van der Waals surface area (Å²) in [5.74, 6) is 1.44. The average molecular weight is 246 g/mol. The summed E-state index contributed by atoms with van der Waals surface area (Å²) in [4.78, 5) is 6.19. The summed E-state index contributed by atoms with van der Waals surface area (Å²) in [5, 5.41) is 8.97. The molecule has 0 aliphatic carbocycles. The Hall–Kier alpha value is -1.80. The Balaban J connectivity index is 1.97. The van der Waals surface area contributed by atoms with E-state index < -0.39 is 0 Å². The molecule has 18 heavy (non-hydrogen) atoms. The van der Waals surface area contributed by atoms with Gasteiger partial charge in [0.15, 0.2) is 0 Å². The first-order valence-electron chi connectivity index (χ1n) is 6.16. The van der Waals surface area contributed by atoms with Crippen molar-refractivity contribution < 1.29 is 4.74 Å². The molecule has 5 heteroatoms. The lowest BCUT2D eigenvalue weighted by Gasteiger charge is -2.29. The van der Waals surface area contributed by atoms with Gasteiger partial charge in [0.2, 0.25) is 0 Å². The molecule has 1 atom stereocenters. The molecule has 0 bridgehead atoms. The fraction of sp³-hybridized carbons (Fsp3) is 0.538. The van der Waals surface area contributed by atoms with Crippen molar-refractivity contribution in [2.45, 2.75) is 12.8 Å². The fourth-order valence-electron chi connectivity index (χ4n) is 2.27. The number of likely N-dealkylation sites (tertiary alicyclic amines) is 1. The molecule has 96 valence electrons. The number of aromatic nitrogens is 1. The van der Waals surface area contributed by atoms with E-state index in [1.165, 1.54) is 19.0 Å². The van der Waals surface area contributed by atoms with E-state index in [9.17, 15) is 0 Å². The molecule has 0 saturated carbocycles. The smallest absolute Gasteiger partial charge is 0.142 e. The van der Waals surface area contributed by atoms with E-state index in [0.29, 0.717) is 29.7 Å². The van der Waals surface area contributed by atoms with Crippen LogP contribution in [-0.2, 0) is 0 Å². The van der Waals surface area contributed by atoms with E-state index in [-0.39, 0.29) is 0 Å². The topological polar surface area (TPSA) is 75.2 Å². The van der Waals surface area contributed by atoms with E-state index in [0.717, 1.165) is 13.1 Å². The lowest BCUT2D eigenvalue weighted by molar-refractivity contribution is 0.150. The molecule has 1 fully saturated rings. The third kappa shape index (κ3) is 3.11. The molecule has 5 nitrogen and oxygen atoms in total. The number of nitriles is 1. The van der Waals surface area contributed by atoms with Crippen LogP contribution in [0.4, 0.5) is 5.82 Å². The summed E-state index contributed by atoms with van der Waals surface area (Å²) in [7, 11) is 2.12. The van der Waals surface area contributed by atoms with Gasteiger partial charge < -0.3 is 15.4 Å². The lowest BCUT2D eigenvalue weighted by atomic mass is 9.99. The van der Waals surface area contributed by atoms with Gasteiger partial charge >= 0.3 is 0 Å². The minimum absolute atomic E-state index is 0.379. The fourth-order valence-corrected chi connectivity index (χ4v) is 2.27. The molecule has 1 aliphatic rings. The Kier molecular flexibility index (Phi) is 4.00. The Morgan fingerprint density at radius 1 is 1.67 bits per heavy atom. The second-order valence-corrected chi connectivity index (χ2v) is 4.80.